The third kappa shape index (κ3) is 4.53. The van der Waals surface area contributed by atoms with Gasteiger partial charge < -0.3 is 10.1 Å². The number of ether oxygens (including phenoxy) is 1. The Labute approximate surface area is 142 Å². The number of nitrogens with one attached hydrogen (secondary N) is 1. The van der Waals surface area contributed by atoms with Crippen LogP contribution < -0.4 is 10.1 Å². The van der Waals surface area contributed by atoms with Gasteiger partial charge in [-0.15, -0.1) is 0 Å². The van der Waals surface area contributed by atoms with Crippen LogP contribution in [0, 0.1) is 0 Å². The molecular formula is C16H18Br2N2O. The summed E-state index contributed by atoms with van der Waals surface area (Å²) in [5.74, 6) is 0.850. The molecule has 5 heteroatoms. The monoisotopic (exact) mass is 412 g/mol. The van der Waals surface area contributed by atoms with Gasteiger partial charge in [0, 0.05) is 25.0 Å². The van der Waals surface area contributed by atoms with E-state index in [0.29, 0.717) is 6.61 Å². The van der Waals surface area contributed by atoms with Gasteiger partial charge in [0.15, 0.2) is 0 Å². The van der Waals surface area contributed by atoms with Gasteiger partial charge in [0.1, 0.15) is 5.75 Å². The lowest BCUT2D eigenvalue weighted by molar-refractivity contribution is 0.336. The fourth-order valence-electron chi connectivity index (χ4n) is 2.04. The van der Waals surface area contributed by atoms with Crippen LogP contribution in [0.2, 0.25) is 0 Å². The molecule has 0 aliphatic heterocycles. The van der Waals surface area contributed by atoms with Crippen LogP contribution >= 0.6 is 31.9 Å². The molecule has 0 unspecified atom stereocenters. The number of hydrogen-bond donors (Lipinski definition) is 1. The highest BCUT2D eigenvalue weighted by atomic mass is 79.9. The molecule has 0 amide bonds. The predicted octanol–water partition coefficient (Wildman–Crippen LogP) is 4.86. The van der Waals surface area contributed by atoms with Gasteiger partial charge in [0.25, 0.3) is 0 Å². The molecule has 1 aromatic heterocycles. The summed E-state index contributed by atoms with van der Waals surface area (Å²) in [4.78, 5) is 4.04. The van der Waals surface area contributed by atoms with Gasteiger partial charge in [0.05, 0.1) is 15.6 Å². The summed E-state index contributed by atoms with van der Waals surface area (Å²) < 4.78 is 7.53. The van der Waals surface area contributed by atoms with Crippen molar-refractivity contribution in [3.8, 4) is 5.75 Å². The number of aromatic nitrogens is 1. The molecule has 112 valence electrons. The van der Waals surface area contributed by atoms with Gasteiger partial charge in [-0.3, -0.25) is 4.98 Å². The van der Waals surface area contributed by atoms with Crippen molar-refractivity contribution in [3.05, 3.63) is 56.7 Å². The second-order valence-electron chi connectivity index (χ2n) is 4.70. The lowest BCUT2D eigenvalue weighted by Gasteiger charge is -2.15. The Morgan fingerprint density at radius 1 is 1.19 bits per heavy atom. The van der Waals surface area contributed by atoms with E-state index in [1.165, 1.54) is 11.1 Å². The van der Waals surface area contributed by atoms with Crippen molar-refractivity contribution >= 4 is 31.9 Å². The molecule has 1 heterocycles. The third-order valence-corrected chi connectivity index (χ3v) is 4.34. The van der Waals surface area contributed by atoms with Crippen LogP contribution in [0.15, 0.2) is 45.6 Å². The Hall–Kier alpha value is -0.910. The molecule has 3 nitrogen and oxygen atoms in total. The van der Waals surface area contributed by atoms with E-state index < -0.39 is 0 Å². The number of hydrogen-bond acceptors (Lipinski definition) is 3. The fraction of sp³-hybridized carbons (Fsp3) is 0.312. The molecule has 1 N–H and O–H groups in total. The first-order valence-corrected chi connectivity index (χ1v) is 8.44. The summed E-state index contributed by atoms with van der Waals surface area (Å²) in [5.41, 5.74) is 2.42. The van der Waals surface area contributed by atoms with Crippen molar-refractivity contribution in [2.24, 2.45) is 0 Å². The number of halogens is 2. The van der Waals surface area contributed by atoms with E-state index in [4.69, 9.17) is 4.74 Å². The smallest absolute Gasteiger partial charge is 0.147 e. The quantitative estimate of drug-likeness (QED) is 0.734. The SMILES string of the molecule is CCOc1c(Br)cc(CN[C@@H](C)c2ccncc2)cc1Br. The van der Waals surface area contributed by atoms with Crippen LogP contribution in [0.5, 0.6) is 5.75 Å². The average molecular weight is 414 g/mol. The first-order valence-electron chi connectivity index (χ1n) is 6.85. The number of pyridine rings is 1. The van der Waals surface area contributed by atoms with Crippen molar-refractivity contribution < 1.29 is 4.74 Å². The highest BCUT2D eigenvalue weighted by Gasteiger charge is 2.10. The minimum atomic E-state index is 0.275. The molecule has 0 spiro atoms. The summed E-state index contributed by atoms with van der Waals surface area (Å²) >= 11 is 7.12. The van der Waals surface area contributed by atoms with Crippen LogP contribution in [-0.2, 0) is 6.54 Å². The van der Waals surface area contributed by atoms with Crippen LogP contribution in [0.25, 0.3) is 0 Å². The average Bonchev–Trinajstić information content (AvgIpc) is 2.49. The molecule has 21 heavy (non-hydrogen) atoms. The summed E-state index contributed by atoms with van der Waals surface area (Å²) in [7, 11) is 0. The van der Waals surface area contributed by atoms with Gasteiger partial charge in [0.2, 0.25) is 0 Å². The van der Waals surface area contributed by atoms with Crippen molar-refractivity contribution in [1.82, 2.24) is 10.3 Å². The Morgan fingerprint density at radius 3 is 2.38 bits per heavy atom. The Morgan fingerprint density at radius 2 is 1.81 bits per heavy atom. The molecule has 2 aromatic rings. The minimum absolute atomic E-state index is 0.275. The van der Waals surface area contributed by atoms with Crippen LogP contribution in [0.3, 0.4) is 0 Å². The maximum absolute atomic E-state index is 5.60. The van der Waals surface area contributed by atoms with E-state index in [2.05, 4.69) is 61.2 Å². The third-order valence-electron chi connectivity index (χ3n) is 3.17. The van der Waals surface area contributed by atoms with Crippen LogP contribution in [0.1, 0.15) is 31.0 Å². The summed E-state index contributed by atoms with van der Waals surface area (Å²) in [6, 6.07) is 8.50. The first kappa shape index (κ1) is 16.5. The van der Waals surface area contributed by atoms with Gasteiger partial charge in [-0.25, -0.2) is 0 Å². The first-order chi connectivity index (χ1) is 10.1. The second kappa shape index (κ2) is 7.92. The van der Waals surface area contributed by atoms with Crippen molar-refractivity contribution in [2.75, 3.05) is 6.61 Å². The molecule has 2 rings (SSSR count). The molecule has 0 saturated heterocycles. The molecule has 0 bridgehead atoms. The fourth-order valence-corrected chi connectivity index (χ4v) is 3.55. The molecule has 1 aromatic carbocycles. The van der Waals surface area contributed by atoms with Crippen LogP contribution in [0.4, 0.5) is 0 Å². The molecule has 0 fully saturated rings. The van der Waals surface area contributed by atoms with E-state index in [1.54, 1.807) is 0 Å². The summed E-state index contributed by atoms with van der Waals surface area (Å²) in [6.45, 7) is 5.56. The molecule has 0 radical (unpaired) electrons. The molecular weight excluding hydrogens is 396 g/mol. The normalized spacial score (nSPS) is 12.2. The molecule has 0 saturated carbocycles. The Bertz CT molecular complexity index is 567. The zero-order valence-electron chi connectivity index (χ0n) is 12.1. The topological polar surface area (TPSA) is 34.1 Å². The van der Waals surface area contributed by atoms with E-state index in [1.807, 2.05) is 31.5 Å². The van der Waals surface area contributed by atoms with Crippen LogP contribution in [-0.4, -0.2) is 11.6 Å². The predicted molar refractivity (Wildman–Crippen MR) is 92.5 cm³/mol. The zero-order valence-corrected chi connectivity index (χ0v) is 15.2. The van der Waals surface area contributed by atoms with Gasteiger partial charge in [-0.05, 0) is 81.1 Å². The van der Waals surface area contributed by atoms with Crippen molar-refractivity contribution in [3.63, 3.8) is 0 Å². The van der Waals surface area contributed by atoms with Gasteiger partial charge in [-0.2, -0.15) is 0 Å². The number of benzene rings is 1. The lowest BCUT2D eigenvalue weighted by Crippen LogP contribution is -2.18. The number of rotatable bonds is 6. The number of nitrogens with zero attached hydrogens (tertiary/aromatic N) is 1. The van der Waals surface area contributed by atoms with E-state index in [0.717, 1.165) is 21.2 Å². The highest BCUT2D eigenvalue weighted by Crippen LogP contribution is 2.34. The maximum atomic E-state index is 5.60. The maximum Gasteiger partial charge on any atom is 0.147 e. The van der Waals surface area contributed by atoms with Crippen molar-refractivity contribution in [2.45, 2.75) is 26.4 Å². The second-order valence-corrected chi connectivity index (χ2v) is 6.41. The molecule has 1 atom stereocenters. The van der Waals surface area contributed by atoms with E-state index in [-0.39, 0.29) is 6.04 Å². The largest absolute Gasteiger partial charge is 0.492 e. The minimum Gasteiger partial charge on any atom is -0.492 e. The standard InChI is InChI=1S/C16H18Br2N2O/c1-3-21-16-14(17)8-12(9-15(16)18)10-20-11(2)13-4-6-19-7-5-13/h4-9,11,20H,3,10H2,1-2H3/t11-/m0/s1. The van der Waals surface area contributed by atoms with Gasteiger partial charge >= 0.3 is 0 Å². The Balaban J connectivity index is 2.04. The Kier molecular flexibility index (Phi) is 6.21. The van der Waals surface area contributed by atoms with E-state index >= 15 is 0 Å². The van der Waals surface area contributed by atoms with E-state index in [9.17, 15) is 0 Å². The van der Waals surface area contributed by atoms with Gasteiger partial charge in [-0.1, -0.05) is 0 Å². The van der Waals surface area contributed by atoms with Crippen molar-refractivity contribution in [1.29, 1.82) is 0 Å². The summed E-state index contributed by atoms with van der Waals surface area (Å²) in [6.07, 6.45) is 3.63. The highest BCUT2D eigenvalue weighted by molar-refractivity contribution is 9.11. The molecule has 0 aliphatic carbocycles. The molecule has 0 aliphatic rings. The lowest BCUT2D eigenvalue weighted by atomic mass is 10.1. The zero-order chi connectivity index (χ0) is 15.2. The summed E-state index contributed by atoms with van der Waals surface area (Å²) in [5, 5.41) is 3.51.